The summed E-state index contributed by atoms with van der Waals surface area (Å²) in [5.74, 6) is 0.786. The maximum absolute atomic E-state index is 11.7. The third-order valence-corrected chi connectivity index (χ3v) is 3.54. The standard InChI is InChI=1S/C16H22N4O/c1-4-11(2)18-15(21)9-10-17-16-14-8-6-5-7-13(14)12(3)19-20-16/h5-8,11H,4,9-10H2,1-3H3,(H,17,20)(H,18,21). The van der Waals surface area contributed by atoms with Crippen LogP contribution in [0.15, 0.2) is 24.3 Å². The summed E-state index contributed by atoms with van der Waals surface area (Å²) in [5, 5.41) is 16.6. The van der Waals surface area contributed by atoms with Gasteiger partial charge in [-0.3, -0.25) is 4.79 Å². The van der Waals surface area contributed by atoms with E-state index in [9.17, 15) is 4.79 Å². The zero-order valence-corrected chi connectivity index (χ0v) is 12.8. The van der Waals surface area contributed by atoms with Crippen molar-refractivity contribution in [3.8, 4) is 0 Å². The summed E-state index contributed by atoms with van der Waals surface area (Å²) in [5.41, 5.74) is 0.908. The molecular formula is C16H22N4O. The third kappa shape index (κ3) is 3.90. The van der Waals surface area contributed by atoms with E-state index in [0.29, 0.717) is 13.0 Å². The number of aryl methyl sites for hydroxylation is 1. The highest BCUT2D eigenvalue weighted by atomic mass is 16.1. The van der Waals surface area contributed by atoms with E-state index in [1.165, 1.54) is 0 Å². The topological polar surface area (TPSA) is 66.9 Å². The summed E-state index contributed by atoms with van der Waals surface area (Å²) in [6.45, 7) is 6.55. The smallest absolute Gasteiger partial charge is 0.221 e. The van der Waals surface area contributed by atoms with Gasteiger partial charge in [0, 0.05) is 29.8 Å². The van der Waals surface area contributed by atoms with Crippen molar-refractivity contribution in [2.24, 2.45) is 0 Å². The monoisotopic (exact) mass is 286 g/mol. The lowest BCUT2D eigenvalue weighted by atomic mass is 10.1. The Labute approximate surface area is 125 Å². The lowest BCUT2D eigenvalue weighted by Gasteiger charge is -2.12. The van der Waals surface area contributed by atoms with Crippen molar-refractivity contribution >= 4 is 22.5 Å². The molecule has 1 aromatic heterocycles. The number of aromatic nitrogens is 2. The summed E-state index contributed by atoms with van der Waals surface area (Å²) in [6, 6.07) is 8.22. The zero-order chi connectivity index (χ0) is 15.2. The summed E-state index contributed by atoms with van der Waals surface area (Å²) < 4.78 is 0. The Morgan fingerprint density at radius 3 is 2.67 bits per heavy atom. The largest absolute Gasteiger partial charge is 0.368 e. The number of rotatable bonds is 6. The van der Waals surface area contributed by atoms with Crippen molar-refractivity contribution in [1.82, 2.24) is 15.5 Å². The molecule has 112 valence electrons. The first-order valence-electron chi connectivity index (χ1n) is 7.37. The molecule has 2 N–H and O–H groups in total. The predicted molar refractivity (Wildman–Crippen MR) is 85.3 cm³/mol. The first-order valence-corrected chi connectivity index (χ1v) is 7.37. The fraction of sp³-hybridized carbons (Fsp3) is 0.438. The maximum atomic E-state index is 11.7. The zero-order valence-electron chi connectivity index (χ0n) is 12.8. The van der Waals surface area contributed by atoms with Crippen LogP contribution in [-0.4, -0.2) is 28.7 Å². The van der Waals surface area contributed by atoms with Crippen LogP contribution in [-0.2, 0) is 4.79 Å². The Hall–Kier alpha value is -2.17. The van der Waals surface area contributed by atoms with Crippen LogP contribution in [0.5, 0.6) is 0 Å². The molecule has 1 atom stereocenters. The van der Waals surface area contributed by atoms with Crippen LogP contribution in [0.4, 0.5) is 5.82 Å². The Morgan fingerprint density at radius 1 is 1.24 bits per heavy atom. The number of nitrogens with zero attached hydrogens (tertiary/aromatic N) is 2. The molecule has 5 heteroatoms. The highest BCUT2D eigenvalue weighted by Gasteiger charge is 2.08. The molecule has 1 unspecified atom stereocenters. The molecule has 0 fully saturated rings. The Morgan fingerprint density at radius 2 is 1.95 bits per heavy atom. The summed E-state index contributed by atoms with van der Waals surface area (Å²) >= 11 is 0. The van der Waals surface area contributed by atoms with Gasteiger partial charge in [0.15, 0.2) is 5.82 Å². The van der Waals surface area contributed by atoms with Crippen LogP contribution in [0.25, 0.3) is 10.8 Å². The second kappa shape index (κ2) is 7.02. The minimum Gasteiger partial charge on any atom is -0.368 e. The lowest BCUT2D eigenvalue weighted by molar-refractivity contribution is -0.121. The molecule has 0 spiro atoms. The van der Waals surface area contributed by atoms with Gasteiger partial charge in [-0.25, -0.2) is 0 Å². The lowest BCUT2D eigenvalue weighted by Crippen LogP contribution is -2.33. The first-order chi connectivity index (χ1) is 10.1. The molecule has 0 bridgehead atoms. The molecule has 0 radical (unpaired) electrons. The Kier molecular flexibility index (Phi) is 5.09. The van der Waals surface area contributed by atoms with Gasteiger partial charge in [-0.15, -0.1) is 5.10 Å². The maximum Gasteiger partial charge on any atom is 0.221 e. The van der Waals surface area contributed by atoms with Crippen LogP contribution in [0.1, 0.15) is 32.4 Å². The number of fused-ring (bicyclic) bond motifs is 1. The minimum absolute atomic E-state index is 0.0567. The van der Waals surface area contributed by atoms with Gasteiger partial charge in [0.2, 0.25) is 5.91 Å². The SMILES string of the molecule is CCC(C)NC(=O)CCNc1nnc(C)c2ccccc12. The molecule has 0 aliphatic heterocycles. The third-order valence-electron chi connectivity index (χ3n) is 3.54. The van der Waals surface area contributed by atoms with Crippen LogP contribution >= 0.6 is 0 Å². The van der Waals surface area contributed by atoms with E-state index < -0.39 is 0 Å². The van der Waals surface area contributed by atoms with Crippen LogP contribution < -0.4 is 10.6 Å². The van der Waals surface area contributed by atoms with E-state index in [1.54, 1.807) is 0 Å². The van der Waals surface area contributed by atoms with E-state index >= 15 is 0 Å². The van der Waals surface area contributed by atoms with Crippen LogP contribution in [0.2, 0.25) is 0 Å². The van der Waals surface area contributed by atoms with E-state index in [4.69, 9.17) is 0 Å². The van der Waals surface area contributed by atoms with Gasteiger partial charge < -0.3 is 10.6 Å². The summed E-state index contributed by atoms with van der Waals surface area (Å²) in [7, 11) is 0. The number of amides is 1. The Balaban J connectivity index is 1.98. The van der Waals surface area contributed by atoms with Crippen molar-refractivity contribution in [3.63, 3.8) is 0 Å². The van der Waals surface area contributed by atoms with Crippen LogP contribution in [0, 0.1) is 6.92 Å². The van der Waals surface area contributed by atoms with Crippen molar-refractivity contribution in [2.75, 3.05) is 11.9 Å². The van der Waals surface area contributed by atoms with Crippen molar-refractivity contribution in [1.29, 1.82) is 0 Å². The first kappa shape index (κ1) is 15.2. The van der Waals surface area contributed by atoms with E-state index in [1.807, 2.05) is 38.1 Å². The number of nitrogens with one attached hydrogen (secondary N) is 2. The average Bonchev–Trinajstić information content (AvgIpc) is 2.49. The van der Waals surface area contributed by atoms with Crippen LogP contribution in [0.3, 0.4) is 0 Å². The molecule has 21 heavy (non-hydrogen) atoms. The van der Waals surface area contributed by atoms with Crippen molar-refractivity contribution in [3.05, 3.63) is 30.0 Å². The van der Waals surface area contributed by atoms with E-state index in [-0.39, 0.29) is 11.9 Å². The summed E-state index contributed by atoms with van der Waals surface area (Å²) in [6.07, 6.45) is 1.36. The quantitative estimate of drug-likeness (QED) is 0.856. The number of hydrogen-bond donors (Lipinski definition) is 2. The fourth-order valence-electron chi connectivity index (χ4n) is 2.11. The average molecular weight is 286 g/mol. The second-order valence-corrected chi connectivity index (χ2v) is 5.23. The number of anilines is 1. The highest BCUT2D eigenvalue weighted by molar-refractivity contribution is 5.92. The van der Waals surface area contributed by atoms with E-state index in [2.05, 4.69) is 27.8 Å². The molecule has 0 aliphatic rings. The molecule has 0 aliphatic carbocycles. The molecule has 1 aromatic carbocycles. The van der Waals surface area contributed by atoms with Crippen molar-refractivity contribution < 1.29 is 4.79 Å². The predicted octanol–water partition coefficient (Wildman–Crippen LogP) is 2.65. The molecule has 1 amide bonds. The second-order valence-electron chi connectivity index (χ2n) is 5.23. The normalized spacial score (nSPS) is 12.1. The minimum atomic E-state index is 0.0567. The van der Waals surface area contributed by atoms with Gasteiger partial charge in [0.25, 0.3) is 0 Å². The van der Waals surface area contributed by atoms with Gasteiger partial charge in [-0.1, -0.05) is 31.2 Å². The van der Waals surface area contributed by atoms with E-state index in [0.717, 1.165) is 28.7 Å². The van der Waals surface area contributed by atoms with Gasteiger partial charge >= 0.3 is 0 Å². The fourth-order valence-corrected chi connectivity index (χ4v) is 2.11. The van der Waals surface area contributed by atoms with Gasteiger partial charge in [0.05, 0.1) is 5.69 Å². The molecule has 1 heterocycles. The van der Waals surface area contributed by atoms with Gasteiger partial charge in [0.1, 0.15) is 0 Å². The highest BCUT2D eigenvalue weighted by Crippen LogP contribution is 2.21. The van der Waals surface area contributed by atoms with Gasteiger partial charge in [-0.2, -0.15) is 5.10 Å². The number of carbonyl (C=O) groups is 1. The molecule has 0 saturated heterocycles. The number of hydrogen-bond acceptors (Lipinski definition) is 4. The van der Waals surface area contributed by atoms with Gasteiger partial charge in [-0.05, 0) is 20.3 Å². The summed E-state index contributed by atoms with van der Waals surface area (Å²) in [4.78, 5) is 11.7. The molecular weight excluding hydrogens is 264 g/mol. The molecule has 2 aromatic rings. The number of benzene rings is 1. The number of carbonyl (C=O) groups excluding carboxylic acids is 1. The molecule has 0 saturated carbocycles. The molecule has 2 rings (SSSR count). The van der Waals surface area contributed by atoms with Crippen molar-refractivity contribution in [2.45, 2.75) is 39.7 Å². The molecule has 5 nitrogen and oxygen atoms in total. The Bertz CT molecular complexity index is 627.